The Kier molecular flexibility index (Phi) is 5.40. The average Bonchev–Trinajstić information content (AvgIpc) is 3.53. The topological polar surface area (TPSA) is 69.6 Å². The van der Waals surface area contributed by atoms with E-state index in [1.165, 1.54) is 19.3 Å². The van der Waals surface area contributed by atoms with Gasteiger partial charge in [0.15, 0.2) is 0 Å². The van der Waals surface area contributed by atoms with Crippen LogP contribution < -0.4 is 4.90 Å². The minimum Gasteiger partial charge on any atom is -0.354 e. The predicted molar refractivity (Wildman–Crippen MR) is 106 cm³/mol. The van der Waals surface area contributed by atoms with Crippen LogP contribution in [0.3, 0.4) is 0 Å². The molecule has 7 nitrogen and oxygen atoms in total. The summed E-state index contributed by atoms with van der Waals surface area (Å²) in [4.78, 5) is 11.5. The molecule has 0 N–H and O–H groups in total. The van der Waals surface area contributed by atoms with Gasteiger partial charge in [-0.05, 0) is 32.6 Å². The molecule has 0 radical (unpaired) electrons. The first-order chi connectivity index (χ1) is 12.9. The molecule has 2 heterocycles. The van der Waals surface area contributed by atoms with Crippen molar-refractivity contribution in [3.63, 3.8) is 0 Å². The predicted octanol–water partition coefficient (Wildman–Crippen LogP) is 2.29. The van der Waals surface area contributed by atoms with Gasteiger partial charge in [0.1, 0.15) is 11.6 Å². The molecule has 0 aromatic carbocycles. The maximum atomic E-state index is 13.0. The maximum absolute atomic E-state index is 13.0. The van der Waals surface area contributed by atoms with Crippen molar-refractivity contribution < 1.29 is 8.42 Å². The molecule has 0 unspecified atom stereocenters. The van der Waals surface area contributed by atoms with Gasteiger partial charge >= 0.3 is 0 Å². The Morgan fingerprint density at radius 3 is 2.30 bits per heavy atom. The number of anilines is 1. The van der Waals surface area contributed by atoms with E-state index in [4.69, 9.17) is 4.98 Å². The monoisotopic (exact) mass is 393 g/mol. The molecular weight excluding hydrogens is 362 g/mol. The molecule has 150 valence electrons. The van der Waals surface area contributed by atoms with Gasteiger partial charge in [-0.15, -0.1) is 0 Å². The van der Waals surface area contributed by atoms with E-state index in [-0.39, 0.29) is 6.04 Å². The van der Waals surface area contributed by atoms with Crippen LogP contribution in [-0.2, 0) is 10.2 Å². The van der Waals surface area contributed by atoms with Crippen molar-refractivity contribution in [2.24, 2.45) is 0 Å². The van der Waals surface area contributed by atoms with E-state index in [9.17, 15) is 8.42 Å². The molecule has 0 bridgehead atoms. The number of hydrogen-bond acceptors (Lipinski definition) is 5. The second-order valence-corrected chi connectivity index (χ2v) is 10.2. The van der Waals surface area contributed by atoms with Crippen LogP contribution in [0.5, 0.6) is 0 Å². The Balaban J connectivity index is 1.41. The van der Waals surface area contributed by atoms with E-state index in [0.717, 1.165) is 43.0 Å². The second-order valence-electron chi connectivity index (χ2n) is 8.20. The smallest absolute Gasteiger partial charge is 0.282 e. The fourth-order valence-electron chi connectivity index (χ4n) is 4.22. The molecule has 0 atom stereocenters. The number of aromatic nitrogens is 2. The average molecular weight is 394 g/mol. The van der Waals surface area contributed by atoms with Crippen LogP contribution in [0.2, 0.25) is 0 Å². The summed E-state index contributed by atoms with van der Waals surface area (Å²) in [5.41, 5.74) is 0.994. The third kappa shape index (κ3) is 4.12. The lowest BCUT2D eigenvalue weighted by atomic mass is 9.96. The lowest BCUT2D eigenvalue weighted by molar-refractivity contribution is 0.259. The van der Waals surface area contributed by atoms with Gasteiger partial charge in [-0.3, -0.25) is 0 Å². The molecule has 1 saturated heterocycles. The summed E-state index contributed by atoms with van der Waals surface area (Å²) in [6.07, 6.45) is 7.83. The zero-order chi connectivity index (χ0) is 19.0. The molecule has 2 aliphatic carbocycles. The van der Waals surface area contributed by atoms with Gasteiger partial charge in [-0.25, -0.2) is 9.97 Å². The highest BCUT2D eigenvalue weighted by Gasteiger charge is 2.35. The van der Waals surface area contributed by atoms with Gasteiger partial charge in [0.25, 0.3) is 10.2 Å². The van der Waals surface area contributed by atoms with Crippen molar-refractivity contribution in [3.05, 3.63) is 17.6 Å². The van der Waals surface area contributed by atoms with E-state index in [1.54, 1.807) is 15.7 Å². The Labute approximate surface area is 163 Å². The molecule has 2 saturated carbocycles. The summed E-state index contributed by atoms with van der Waals surface area (Å²) in [6, 6.07) is 2.18. The highest BCUT2D eigenvalue weighted by Crippen LogP contribution is 2.38. The summed E-state index contributed by atoms with van der Waals surface area (Å²) >= 11 is 0. The molecule has 0 spiro atoms. The minimum absolute atomic E-state index is 0.160. The standard InChI is InChI=1S/C19H31N5O2S/c1-15-14-18(21-19(20-15)16-8-9-16)23-10-12-24(13-11-23)27(25,26)22(2)17-6-4-3-5-7-17/h14,16-17H,3-13H2,1-2H3. The van der Waals surface area contributed by atoms with Gasteiger partial charge in [-0.1, -0.05) is 19.3 Å². The Hall–Kier alpha value is -1.25. The largest absolute Gasteiger partial charge is 0.354 e. The van der Waals surface area contributed by atoms with E-state index >= 15 is 0 Å². The van der Waals surface area contributed by atoms with E-state index in [1.807, 2.05) is 13.0 Å². The lowest BCUT2D eigenvalue weighted by Crippen LogP contribution is -2.54. The third-order valence-electron chi connectivity index (χ3n) is 6.14. The number of nitrogens with zero attached hydrogens (tertiary/aromatic N) is 5. The van der Waals surface area contributed by atoms with Crippen molar-refractivity contribution in [2.75, 3.05) is 38.1 Å². The lowest BCUT2D eigenvalue weighted by Gasteiger charge is -2.39. The van der Waals surface area contributed by atoms with Crippen LogP contribution in [-0.4, -0.2) is 66.3 Å². The SMILES string of the molecule is Cc1cc(N2CCN(S(=O)(=O)N(C)C3CCCCC3)CC2)nc(C2CC2)n1. The number of hydrogen-bond donors (Lipinski definition) is 0. The molecule has 3 fully saturated rings. The van der Waals surface area contributed by atoms with Crippen LogP contribution in [0, 0.1) is 6.92 Å². The minimum atomic E-state index is -3.38. The number of piperazine rings is 1. The molecular formula is C19H31N5O2S. The summed E-state index contributed by atoms with van der Waals surface area (Å²) < 4.78 is 29.4. The van der Waals surface area contributed by atoms with Crippen LogP contribution in [0.1, 0.15) is 62.4 Å². The molecule has 4 rings (SSSR count). The quantitative estimate of drug-likeness (QED) is 0.768. The first-order valence-corrected chi connectivity index (χ1v) is 11.7. The Morgan fingerprint density at radius 1 is 1.00 bits per heavy atom. The van der Waals surface area contributed by atoms with Crippen molar-refractivity contribution in [1.82, 2.24) is 18.6 Å². The first-order valence-electron chi connectivity index (χ1n) is 10.3. The van der Waals surface area contributed by atoms with Crippen LogP contribution in [0.25, 0.3) is 0 Å². The van der Waals surface area contributed by atoms with E-state index < -0.39 is 10.2 Å². The van der Waals surface area contributed by atoms with Crippen molar-refractivity contribution in [2.45, 2.75) is 63.8 Å². The normalized spacial score (nSPS) is 23.1. The van der Waals surface area contributed by atoms with Gasteiger partial charge < -0.3 is 4.90 Å². The Morgan fingerprint density at radius 2 is 1.67 bits per heavy atom. The highest BCUT2D eigenvalue weighted by molar-refractivity contribution is 7.86. The number of rotatable bonds is 5. The Bertz CT molecular complexity index is 766. The molecule has 0 amide bonds. The van der Waals surface area contributed by atoms with Gasteiger partial charge in [-0.2, -0.15) is 17.0 Å². The second kappa shape index (κ2) is 7.64. The molecule has 27 heavy (non-hydrogen) atoms. The molecule has 1 aromatic heterocycles. The van der Waals surface area contributed by atoms with Crippen molar-refractivity contribution in [3.8, 4) is 0 Å². The van der Waals surface area contributed by atoms with E-state index in [2.05, 4.69) is 9.88 Å². The fraction of sp³-hybridized carbons (Fsp3) is 0.789. The summed E-state index contributed by atoms with van der Waals surface area (Å²) in [5, 5.41) is 0. The van der Waals surface area contributed by atoms with Gasteiger partial charge in [0.05, 0.1) is 0 Å². The molecule has 1 aliphatic heterocycles. The summed E-state index contributed by atoms with van der Waals surface area (Å²) in [5.74, 6) is 2.42. The van der Waals surface area contributed by atoms with Crippen molar-refractivity contribution >= 4 is 16.0 Å². The zero-order valence-corrected chi connectivity index (χ0v) is 17.3. The van der Waals surface area contributed by atoms with Gasteiger partial charge in [0.2, 0.25) is 0 Å². The maximum Gasteiger partial charge on any atom is 0.282 e. The first kappa shape index (κ1) is 19.1. The molecule has 8 heteroatoms. The highest BCUT2D eigenvalue weighted by atomic mass is 32.2. The summed E-state index contributed by atoms with van der Waals surface area (Å²) in [6.45, 7) is 4.40. The van der Waals surface area contributed by atoms with E-state index in [0.29, 0.717) is 32.1 Å². The molecule has 1 aromatic rings. The fourth-order valence-corrected chi connectivity index (χ4v) is 5.80. The zero-order valence-electron chi connectivity index (χ0n) is 16.5. The van der Waals surface area contributed by atoms with Crippen LogP contribution >= 0.6 is 0 Å². The van der Waals surface area contributed by atoms with Crippen LogP contribution in [0.15, 0.2) is 6.07 Å². The van der Waals surface area contributed by atoms with Crippen molar-refractivity contribution in [1.29, 1.82) is 0 Å². The van der Waals surface area contributed by atoms with Crippen LogP contribution in [0.4, 0.5) is 5.82 Å². The number of aryl methyl sites for hydroxylation is 1. The van der Waals surface area contributed by atoms with Gasteiger partial charge in [0, 0.05) is 56.9 Å². The molecule has 3 aliphatic rings. The third-order valence-corrected chi connectivity index (χ3v) is 8.19. The summed E-state index contributed by atoms with van der Waals surface area (Å²) in [7, 11) is -1.62.